The first-order chi connectivity index (χ1) is 20.9. The Morgan fingerprint density at radius 3 is 2.39 bits per heavy atom. The number of fused-ring (bicyclic) bond motifs is 1. The van der Waals surface area contributed by atoms with Gasteiger partial charge in [-0.25, -0.2) is 23.2 Å². The van der Waals surface area contributed by atoms with Crippen molar-refractivity contribution in [2.45, 2.75) is 84.9 Å². The molecule has 0 atom stereocenters. The van der Waals surface area contributed by atoms with E-state index in [2.05, 4.69) is 5.10 Å². The molecule has 0 saturated heterocycles. The Kier molecular flexibility index (Phi) is 11.4. The molecule has 3 aromatic heterocycles. The number of ketones is 1. The van der Waals surface area contributed by atoms with Crippen LogP contribution in [-0.4, -0.2) is 54.1 Å². The van der Waals surface area contributed by atoms with E-state index in [9.17, 15) is 28.7 Å². The van der Waals surface area contributed by atoms with E-state index in [1.165, 1.54) is 55.1 Å². The van der Waals surface area contributed by atoms with Crippen molar-refractivity contribution in [2.75, 3.05) is 7.11 Å². The van der Waals surface area contributed by atoms with Crippen molar-refractivity contribution in [1.29, 1.82) is 0 Å². The molecule has 0 radical (unpaired) electrons. The smallest absolute Gasteiger partial charge is 0.333 e. The normalized spacial score (nSPS) is 13.6. The highest BCUT2D eigenvalue weighted by molar-refractivity contribution is 7.21. The van der Waals surface area contributed by atoms with Gasteiger partial charge in [0.1, 0.15) is 32.7 Å². The Bertz CT molecular complexity index is 1730. The number of nitrogens with zero attached hydrogens (tertiary/aromatic N) is 4. The van der Waals surface area contributed by atoms with Gasteiger partial charge < -0.3 is 14.9 Å². The zero-order chi connectivity index (χ0) is 32.8. The number of hydrogen-bond acceptors (Lipinski definition) is 8. The molecule has 11 nitrogen and oxygen atoms in total. The topological polar surface area (TPSA) is 146 Å². The lowest BCUT2D eigenvalue weighted by atomic mass is 9.97. The van der Waals surface area contributed by atoms with Gasteiger partial charge in [0.15, 0.2) is 0 Å². The van der Waals surface area contributed by atoms with Crippen LogP contribution in [0.2, 0.25) is 0 Å². The summed E-state index contributed by atoms with van der Waals surface area (Å²) in [6, 6.07) is 5.84. The van der Waals surface area contributed by atoms with E-state index >= 15 is 0 Å². The van der Waals surface area contributed by atoms with Crippen molar-refractivity contribution in [3.63, 3.8) is 0 Å². The van der Waals surface area contributed by atoms with Gasteiger partial charge in [0.2, 0.25) is 0 Å². The molecule has 13 heteroatoms. The van der Waals surface area contributed by atoms with Crippen LogP contribution in [0, 0.1) is 12.7 Å². The number of hydrogen-bond donors (Lipinski definition) is 2. The van der Waals surface area contributed by atoms with E-state index in [0.29, 0.717) is 58.2 Å². The maximum absolute atomic E-state index is 13.9. The highest BCUT2D eigenvalue weighted by Gasteiger charge is 2.35. The molecule has 0 spiro atoms. The average molecular weight is 631 g/mol. The summed E-state index contributed by atoms with van der Waals surface area (Å²) < 4.78 is 22.9. The largest absolute Gasteiger partial charge is 0.496 e. The summed E-state index contributed by atoms with van der Waals surface area (Å²) in [5.41, 5.74) is -2.10. The number of ether oxygens (including phenoxy) is 1. The highest BCUT2D eigenvalue weighted by atomic mass is 32.1. The Hall–Kier alpha value is -4.10. The molecule has 0 unspecified atom stereocenters. The molecule has 1 aliphatic rings. The summed E-state index contributed by atoms with van der Waals surface area (Å²) in [7, 11) is 1.47. The van der Waals surface area contributed by atoms with Gasteiger partial charge in [-0.05, 0) is 69.9 Å². The van der Waals surface area contributed by atoms with Gasteiger partial charge in [0.25, 0.3) is 5.56 Å². The molecule has 0 bridgehead atoms. The number of benzene rings is 1. The molecule has 0 aliphatic heterocycles. The standard InChI is InChI=1S/C23H23FN4O5S.C6H10O2.C2H6/c1-13-17-18(29)28(23(2,3)21(30)31)22(32)26(20(17)34-19(13)27-10-5-9-25-27)11-8-14-12-15(24)6-7-16(14)33-4;7-5-1-2-6(8)4-3-5;1-2/h5-7,9-10,12H,8,11H2,1-4H3,(H,30,31);5,7H,1-4H2;1-2H3. The molecule has 2 N–H and O–H groups in total. The second-order valence-electron chi connectivity index (χ2n) is 10.6. The number of halogens is 1. The van der Waals surface area contributed by atoms with Crippen molar-refractivity contribution in [3.05, 3.63) is 74.4 Å². The molecule has 1 aromatic carbocycles. The van der Waals surface area contributed by atoms with Crippen LogP contribution in [0.1, 0.15) is 64.5 Å². The van der Waals surface area contributed by atoms with E-state index in [1.54, 1.807) is 30.1 Å². The second-order valence-corrected chi connectivity index (χ2v) is 11.6. The molecule has 0 amide bonds. The molecule has 1 aliphatic carbocycles. The number of carboxylic acid groups (broad SMARTS) is 1. The Balaban J connectivity index is 0.000000454. The van der Waals surface area contributed by atoms with Crippen molar-refractivity contribution in [1.82, 2.24) is 18.9 Å². The molecule has 1 saturated carbocycles. The molecule has 44 heavy (non-hydrogen) atoms. The SMILES string of the molecule is CC.COc1ccc(F)cc1CCn1c(=O)n(C(C)(C)C(=O)O)c(=O)c2c(C)c(-n3cccn3)sc21.O=C1CCC(O)CC1. The number of methoxy groups -OCH3 is 1. The first-order valence-electron chi connectivity index (χ1n) is 14.4. The van der Waals surface area contributed by atoms with Crippen LogP contribution < -0.4 is 16.0 Å². The summed E-state index contributed by atoms with van der Waals surface area (Å²) in [5, 5.41) is 23.7. The van der Waals surface area contributed by atoms with E-state index in [0.717, 1.165) is 4.57 Å². The van der Waals surface area contributed by atoms with Crippen LogP contribution in [0.25, 0.3) is 15.2 Å². The summed E-state index contributed by atoms with van der Waals surface area (Å²) >= 11 is 1.21. The van der Waals surface area contributed by atoms with E-state index in [4.69, 9.17) is 9.84 Å². The number of aryl methyl sites for hydroxylation is 3. The van der Waals surface area contributed by atoms with Gasteiger partial charge in [-0.2, -0.15) is 5.10 Å². The Morgan fingerprint density at radius 2 is 1.84 bits per heavy atom. The number of Topliss-reactive ketones (excluding diaryl/α,β-unsaturated/α-hetero) is 1. The summed E-state index contributed by atoms with van der Waals surface area (Å²) in [5.74, 6) is -0.998. The molecule has 238 valence electrons. The number of carbonyl (C=O) groups excluding carboxylic acids is 1. The van der Waals surface area contributed by atoms with Crippen LogP contribution in [0.5, 0.6) is 5.75 Å². The lowest BCUT2D eigenvalue weighted by Gasteiger charge is -2.23. The van der Waals surface area contributed by atoms with Crippen LogP contribution >= 0.6 is 11.3 Å². The number of rotatable bonds is 7. The second kappa shape index (κ2) is 14.6. The minimum absolute atomic E-state index is 0.0730. The monoisotopic (exact) mass is 630 g/mol. The minimum Gasteiger partial charge on any atom is -0.496 e. The quantitative estimate of drug-likeness (QED) is 0.305. The fraction of sp³-hybridized carbons (Fsp3) is 0.452. The lowest BCUT2D eigenvalue weighted by Crippen LogP contribution is -2.52. The number of thiophene rings is 1. The maximum atomic E-state index is 13.9. The van der Waals surface area contributed by atoms with Crippen molar-refractivity contribution in [2.24, 2.45) is 0 Å². The number of aliphatic carboxylic acids is 1. The Labute approximate surface area is 258 Å². The highest BCUT2D eigenvalue weighted by Crippen LogP contribution is 2.31. The van der Waals surface area contributed by atoms with Crippen LogP contribution in [0.4, 0.5) is 4.39 Å². The maximum Gasteiger partial charge on any atom is 0.333 e. The van der Waals surface area contributed by atoms with Gasteiger partial charge in [-0.3, -0.25) is 14.2 Å². The predicted octanol–water partition coefficient (Wildman–Crippen LogP) is 4.45. The van der Waals surface area contributed by atoms with E-state index < -0.39 is 28.6 Å². The molecule has 1 fully saturated rings. The molecule has 4 aromatic rings. The number of aliphatic hydroxyl groups excluding tert-OH is 1. The van der Waals surface area contributed by atoms with Crippen LogP contribution in [0.15, 0.2) is 46.2 Å². The third-order valence-electron chi connectivity index (χ3n) is 7.34. The molecular formula is C31H39FN4O7S. The zero-order valence-corrected chi connectivity index (χ0v) is 26.6. The summed E-state index contributed by atoms with van der Waals surface area (Å²) in [4.78, 5) is 49.9. The van der Waals surface area contributed by atoms with Crippen molar-refractivity contribution in [3.8, 4) is 10.8 Å². The van der Waals surface area contributed by atoms with Gasteiger partial charge in [0, 0.05) is 37.3 Å². The van der Waals surface area contributed by atoms with E-state index in [-0.39, 0.29) is 24.5 Å². The Morgan fingerprint density at radius 1 is 1.18 bits per heavy atom. The number of aliphatic hydroxyl groups is 1. The predicted molar refractivity (Wildman–Crippen MR) is 167 cm³/mol. The van der Waals surface area contributed by atoms with Crippen LogP contribution in [0.3, 0.4) is 0 Å². The zero-order valence-electron chi connectivity index (χ0n) is 25.8. The number of carbonyl (C=O) groups is 2. The van der Waals surface area contributed by atoms with Gasteiger partial charge in [-0.15, -0.1) is 0 Å². The van der Waals surface area contributed by atoms with Gasteiger partial charge in [-0.1, -0.05) is 25.2 Å². The third-order valence-corrected chi connectivity index (χ3v) is 8.65. The number of aromatic nitrogens is 4. The van der Waals surface area contributed by atoms with Gasteiger partial charge >= 0.3 is 11.7 Å². The fourth-order valence-electron chi connectivity index (χ4n) is 4.83. The average Bonchev–Trinajstić information content (AvgIpc) is 3.64. The lowest BCUT2D eigenvalue weighted by molar-refractivity contribution is -0.146. The fourth-order valence-corrected chi connectivity index (χ4v) is 6.09. The van der Waals surface area contributed by atoms with Crippen molar-refractivity contribution >= 4 is 33.3 Å². The summed E-state index contributed by atoms with van der Waals surface area (Å²) in [6.07, 6.45) is 5.86. The number of carboxylic acids is 1. The minimum atomic E-state index is -1.79. The first kappa shape index (κ1) is 34.4. The first-order valence-corrected chi connectivity index (χ1v) is 15.2. The van der Waals surface area contributed by atoms with Gasteiger partial charge in [0.05, 0.1) is 18.6 Å². The van der Waals surface area contributed by atoms with Crippen molar-refractivity contribution < 1.29 is 28.9 Å². The summed E-state index contributed by atoms with van der Waals surface area (Å²) in [6.45, 7) is 8.42. The third kappa shape index (κ3) is 7.16. The molecule has 3 heterocycles. The molecule has 5 rings (SSSR count). The molecular weight excluding hydrogens is 591 g/mol. The van der Waals surface area contributed by atoms with Crippen LogP contribution in [-0.2, 0) is 28.1 Å². The van der Waals surface area contributed by atoms with E-state index in [1.807, 2.05) is 13.8 Å².